The predicted molar refractivity (Wildman–Crippen MR) is 67.5 cm³/mol. The van der Waals surface area contributed by atoms with E-state index in [1.54, 1.807) is 11.9 Å². The Morgan fingerprint density at radius 2 is 2.00 bits per heavy atom. The highest BCUT2D eigenvalue weighted by atomic mass is 16.6. The van der Waals surface area contributed by atoms with Crippen LogP contribution in [0.5, 0.6) is 0 Å². The number of rotatable bonds is 6. The zero-order chi connectivity index (χ0) is 12.5. The lowest BCUT2D eigenvalue weighted by molar-refractivity contribution is 0.104. The number of benzene rings is 1. The summed E-state index contributed by atoms with van der Waals surface area (Å²) >= 11 is 0. The molecule has 0 saturated carbocycles. The van der Waals surface area contributed by atoms with Gasteiger partial charge in [0.15, 0.2) is 0 Å². The molecule has 1 rings (SSSR count). The number of hydrogen-bond donors (Lipinski definition) is 1. The Kier molecular flexibility index (Phi) is 6.10. The molecule has 0 aliphatic carbocycles. The molecule has 0 aromatic heterocycles. The van der Waals surface area contributed by atoms with Gasteiger partial charge in [-0.2, -0.15) is 0 Å². The largest absolute Gasteiger partial charge is 0.445 e. The minimum atomic E-state index is -0.286. The molecule has 0 heterocycles. The second-order valence-electron chi connectivity index (χ2n) is 3.96. The Morgan fingerprint density at radius 3 is 2.65 bits per heavy atom. The topological polar surface area (TPSA) is 55.6 Å². The highest BCUT2D eigenvalue weighted by molar-refractivity contribution is 5.67. The van der Waals surface area contributed by atoms with E-state index in [0.717, 1.165) is 18.4 Å². The van der Waals surface area contributed by atoms with Gasteiger partial charge in [-0.15, -0.1) is 0 Å². The third-order valence-corrected chi connectivity index (χ3v) is 2.46. The quantitative estimate of drug-likeness (QED) is 0.768. The van der Waals surface area contributed by atoms with Crippen molar-refractivity contribution in [2.24, 2.45) is 5.73 Å². The summed E-state index contributed by atoms with van der Waals surface area (Å²) < 4.78 is 5.18. The molecule has 94 valence electrons. The molecule has 0 saturated heterocycles. The summed E-state index contributed by atoms with van der Waals surface area (Å²) in [5, 5.41) is 0. The van der Waals surface area contributed by atoms with Crippen LogP contribution >= 0.6 is 0 Å². The molecule has 0 bridgehead atoms. The first-order valence-electron chi connectivity index (χ1n) is 5.86. The number of nitrogens with two attached hydrogens (primary N) is 1. The van der Waals surface area contributed by atoms with Gasteiger partial charge in [0.25, 0.3) is 0 Å². The Morgan fingerprint density at radius 1 is 1.29 bits per heavy atom. The van der Waals surface area contributed by atoms with Crippen molar-refractivity contribution in [3.63, 3.8) is 0 Å². The minimum Gasteiger partial charge on any atom is -0.445 e. The lowest BCUT2D eigenvalue weighted by Gasteiger charge is -2.16. The molecule has 0 fully saturated rings. The van der Waals surface area contributed by atoms with Crippen LogP contribution in [0, 0.1) is 0 Å². The van der Waals surface area contributed by atoms with E-state index >= 15 is 0 Å². The van der Waals surface area contributed by atoms with Crippen LogP contribution in [0.15, 0.2) is 30.3 Å². The second-order valence-corrected chi connectivity index (χ2v) is 3.96. The Hall–Kier alpha value is -1.55. The molecule has 0 aliphatic rings. The summed E-state index contributed by atoms with van der Waals surface area (Å²) in [6.07, 6.45) is 1.55. The summed E-state index contributed by atoms with van der Waals surface area (Å²) in [4.78, 5) is 13.2. The number of unbranched alkanes of at least 4 members (excludes halogenated alkanes) is 1. The van der Waals surface area contributed by atoms with Crippen molar-refractivity contribution in [2.75, 3.05) is 20.1 Å². The molecule has 4 heteroatoms. The molecule has 1 amide bonds. The lowest BCUT2D eigenvalue weighted by Crippen LogP contribution is -2.28. The molecule has 0 radical (unpaired) electrons. The summed E-state index contributed by atoms with van der Waals surface area (Å²) in [6.45, 7) is 1.67. The fraction of sp³-hybridized carbons (Fsp3) is 0.462. The summed E-state index contributed by atoms with van der Waals surface area (Å²) in [5.41, 5.74) is 6.39. The van der Waals surface area contributed by atoms with Crippen LogP contribution in [-0.4, -0.2) is 31.1 Å². The zero-order valence-corrected chi connectivity index (χ0v) is 10.3. The Bertz CT molecular complexity index is 327. The first kappa shape index (κ1) is 13.5. The van der Waals surface area contributed by atoms with Crippen molar-refractivity contribution in [1.29, 1.82) is 0 Å². The molecule has 17 heavy (non-hydrogen) atoms. The Labute approximate surface area is 102 Å². The average Bonchev–Trinajstić information content (AvgIpc) is 2.37. The number of amides is 1. The summed E-state index contributed by atoms with van der Waals surface area (Å²) in [7, 11) is 1.74. The van der Waals surface area contributed by atoms with E-state index in [0.29, 0.717) is 19.7 Å². The second kappa shape index (κ2) is 7.68. The van der Waals surface area contributed by atoms with Crippen LogP contribution in [0.3, 0.4) is 0 Å². The SMILES string of the molecule is CN(CCCCN)C(=O)OCc1ccccc1. The van der Waals surface area contributed by atoms with E-state index in [1.807, 2.05) is 30.3 Å². The molecule has 1 aromatic carbocycles. The van der Waals surface area contributed by atoms with Gasteiger partial charge < -0.3 is 15.4 Å². The third-order valence-electron chi connectivity index (χ3n) is 2.46. The van der Waals surface area contributed by atoms with Crippen LogP contribution in [0.2, 0.25) is 0 Å². The monoisotopic (exact) mass is 236 g/mol. The van der Waals surface area contributed by atoms with E-state index in [1.165, 1.54) is 0 Å². The molecule has 0 atom stereocenters. The van der Waals surface area contributed by atoms with Gasteiger partial charge in [-0.1, -0.05) is 30.3 Å². The maximum atomic E-state index is 11.6. The van der Waals surface area contributed by atoms with Crippen LogP contribution in [-0.2, 0) is 11.3 Å². The van der Waals surface area contributed by atoms with Crippen molar-refractivity contribution in [2.45, 2.75) is 19.4 Å². The van der Waals surface area contributed by atoms with Crippen LogP contribution < -0.4 is 5.73 Å². The van der Waals surface area contributed by atoms with Crippen molar-refractivity contribution < 1.29 is 9.53 Å². The predicted octanol–water partition coefficient (Wildman–Crippen LogP) is 1.99. The van der Waals surface area contributed by atoms with E-state index < -0.39 is 0 Å². The van der Waals surface area contributed by atoms with Gasteiger partial charge in [-0.25, -0.2) is 4.79 Å². The third kappa shape index (κ3) is 5.36. The van der Waals surface area contributed by atoms with E-state index in [2.05, 4.69) is 0 Å². The van der Waals surface area contributed by atoms with Gasteiger partial charge in [-0.3, -0.25) is 0 Å². The maximum absolute atomic E-state index is 11.6. The van der Waals surface area contributed by atoms with Crippen LogP contribution in [0.4, 0.5) is 4.79 Å². The summed E-state index contributed by atoms with van der Waals surface area (Å²) in [6, 6.07) is 9.65. The normalized spacial score (nSPS) is 10.0. The average molecular weight is 236 g/mol. The van der Waals surface area contributed by atoms with E-state index in [9.17, 15) is 4.79 Å². The molecule has 4 nitrogen and oxygen atoms in total. The Balaban J connectivity index is 2.24. The summed E-state index contributed by atoms with van der Waals surface area (Å²) in [5.74, 6) is 0. The number of ether oxygens (including phenoxy) is 1. The van der Waals surface area contributed by atoms with Crippen molar-refractivity contribution in [3.8, 4) is 0 Å². The van der Waals surface area contributed by atoms with Crippen LogP contribution in [0.1, 0.15) is 18.4 Å². The lowest BCUT2D eigenvalue weighted by atomic mass is 10.2. The highest BCUT2D eigenvalue weighted by Gasteiger charge is 2.08. The number of carbonyl (C=O) groups excluding carboxylic acids is 1. The standard InChI is InChI=1S/C13H20N2O2/c1-15(10-6-5-9-14)13(16)17-11-12-7-3-2-4-8-12/h2-4,7-8H,5-6,9-11,14H2,1H3. The molecular formula is C13H20N2O2. The first-order valence-corrected chi connectivity index (χ1v) is 5.86. The first-order chi connectivity index (χ1) is 8.24. The number of hydrogen-bond acceptors (Lipinski definition) is 3. The van der Waals surface area contributed by atoms with Crippen molar-refractivity contribution in [3.05, 3.63) is 35.9 Å². The molecular weight excluding hydrogens is 216 g/mol. The molecule has 0 aliphatic heterocycles. The van der Waals surface area contributed by atoms with Gasteiger partial charge in [0, 0.05) is 13.6 Å². The van der Waals surface area contributed by atoms with Gasteiger partial charge in [0.05, 0.1) is 0 Å². The molecule has 0 unspecified atom stereocenters. The van der Waals surface area contributed by atoms with E-state index in [4.69, 9.17) is 10.5 Å². The maximum Gasteiger partial charge on any atom is 0.409 e. The molecule has 0 spiro atoms. The van der Waals surface area contributed by atoms with Gasteiger partial charge in [0.2, 0.25) is 0 Å². The van der Waals surface area contributed by atoms with Gasteiger partial charge in [0.1, 0.15) is 6.61 Å². The fourth-order valence-corrected chi connectivity index (χ4v) is 1.41. The molecule has 1 aromatic rings. The van der Waals surface area contributed by atoms with Crippen molar-refractivity contribution in [1.82, 2.24) is 4.90 Å². The number of nitrogens with zero attached hydrogens (tertiary/aromatic N) is 1. The zero-order valence-electron chi connectivity index (χ0n) is 10.3. The minimum absolute atomic E-state index is 0.286. The van der Waals surface area contributed by atoms with Crippen molar-refractivity contribution >= 4 is 6.09 Å². The van der Waals surface area contributed by atoms with Gasteiger partial charge in [-0.05, 0) is 24.9 Å². The number of carbonyl (C=O) groups is 1. The molecule has 2 N–H and O–H groups in total. The smallest absolute Gasteiger partial charge is 0.409 e. The highest BCUT2D eigenvalue weighted by Crippen LogP contribution is 2.03. The van der Waals surface area contributed by atoms with Crippen LogP contribution in [0.25, 0.3) is 0 Å². The van der Waals surface area contributed by atoms with E-state index in [-0.39, 0.29) is 6.09 Å². The van der Waals surface area contributed by atoms with Gasteiger partial charge >= 0.3 is 6.09 Å². The fourth-order valence-electron chi connectivity index (χ4n) is 1.41.